The van der Waals surface area contributed by atoms with Crippen LogP contribution in [0.4, 0.5) is 0 Å². The molecule has 0 saturated heterocycles. The highest BCUT2D eigenvalue weighted by molar-refractivity contribution is 7.89. The molecule has 0 N–H and O–H groups in total. The van der Waals surface area contributed by atoms with E-state index in [9.17, 15) is 18.0 Å². The molecule has 0 atom stereocenters. The Bertz CT molecular complexity index is 765. The first-order valence-corrected chi connectivity index (χ1v) is 6.35. The summed E-state index contributed by atoms with van der Waals surface area (Å²) < 4.78 is 24.8. The second kappa shape index (κ2) is 4.07. The Labute approximate surface area is 103 Å². The first-order valence-electron chi connectivity index (χ1n) is 4.91. The van der Waals surface area contributed by atoms with Crippen LogP contribution in [0.5, 0.6) is 0 Å². The molecule has 0 spiro atoms. The SMILES string of the molecule is CN(C)S(=O)(=O)c1ccc2c(c1)=NC(=O)C(=O)N=2. The molecule has 8 heteroatoms. The second-order valence-electron chi connectivity index (χ2n) is 3.77. The van der Waals surface area contributed by atoms with Crippen LogP contribution in [0.25, 0.3) is 0 Å². The summed E-state index contributed by atoms with van der Waals surface area (Å²) >= 11 is 0. The minimum Gasteiger partial charge on any atom is -0.261 e. The number of benzene rings is 1. The second-order valence-corrected chi connectivity index (χ2v) is 5.92. The van der Waals surface area contributed by atoms with E-state index < -0.39 is 21.8 Å². The van der Waals surface area contributed by atoms with Gasteiger partial charge in [-0.3, -0.25) is 9.59 Å². The Morgan fingerprint density at radius 3 is 2.11 bits per heavy atom. The van der Waals surface area contributed by atoms with Crippen molar-refractivity contribution in [1.29, 1.82) is 0 Å². The third-order valence-electron chi connectivity index (χ3n) is 2.35. The van der Waals surface area contributed by atoms with Crippen LogP contribution in [0.3, 0.4) is 0 Å². The van der Waals surface area contributed by atoms with Gasteiger partial charge >= 0.3 is 11.8 Å². The van der Waals surface area contributed by atoms with Crippen LogP contribution in [0, 0.1) is 0 Å². The molecular formula is C10H9N3O4S. The summed E-state index contributed by atoms with van der Waals surface area (Å²) in [5, 5.41) is 0.278. The maximum absolute atomic E-state index is 11.9. The van der Waals surface area contributed by atoms with Crippen LogP contribution in [0.2, 0.25) is 0 Å². The van der Waals surface area contributed by atoms with Gasteiger partial charge in [-0.15, -0.1) is 0 Å². The number of hydrogen-bond acceptors (Lipinski definition) is 4. The number of nitrogens with zero attached hydrogens (tertiary/aromatic N) is 3. The van der Waals surface area contributed by atoms with Crippen molar-refractivity contribution in [2.24, 2.45) is 9.98 Å². The zero-order valence-corrected chi connectivity index (χ0v) is 10.4. The summed E-state index contributed by atoms with van der Waals surface area (Å²) in [5.41, 5.74) is 0. The first kappa shape index (κ1) is 12.5. The lowest BCUT2D eigenvalue weighted by molar-refractivity contribution is -0.135. The van der Waals surface area contributed by atoms with E-state index in [1.54, 1.807) is 0 Å². The third-order valence-corrected chi connectivity index (χ3v) is 4.16. The van der Waals surface area contributed by atoms with Gasteiger partial charge in [0.25, 0.3) is 0 Å². The van der Waals surface area contributed by atoms with Gasteiger partial charge in [0.05, 0.1) is 15.6 Å². The van der Waals surface area contributed by atoms with Crippen LogP contribution >= 0.6 is 0 Å². The number of rotatable bonds is 2. The quantitative estimate of drug-likeness (QED) is 0.593. The van der Waals surface area contributed by atoms with Crippen molar-refractivity contribution in [3.05, 3.63) is 28.9 Å². The summed E-state index contributed by atoms with van der Waals surface area (Å²) in [6, 6.07) is 3.88. The topological polar surface area (TPSA) is 96.2 Å². The van der Waals surface area contributed by atoms with Crippen molar-refractivity contribution in [3.8, 4) is 0 Å². The predicted molar refractivity (Wildman–Crippen MR) is 59.6 cm³/mol. The Hall–Kier alpha value is -1.93. The standard InChI is InChI=1S/C10H9N3O4S/c1-13(2)18(16,17)6-3-4-7-8(5-6)12-10(15)9(14)11-7/h3-5H,1-2H3. The van der Waals surface area contributed by atoms with Gasteiger partial charge in [0.2, 0.25) is 10.0 Å². The molecule has 1 aromatic rings. The lowest BCUT2D eigenvalue weighted by Gasteiger charge is -2.11. The summed E-state index contributed by atoms with van der Waals surface area (Å²) in [7, 11) is -0.818. The van der Waals surface area contributed by atoms with E-state index >= 15 is 0 Å². The van der Waals surface area contributed by atoms with Gasteiger partial charge in [-0.25, -0.2) is 22.7 Å². The van der Waals surface area contributed by atoms with E-state index in [0.717, 1.165) is 4.31 Å². The van der Waals surface area contributed by atoms with E-state index in [1.807, 2.05) is 0 Å². The third kappa shape index (κ3) is 1.95. The molecule has 0 aliphatic carbocycles. The van der Waals surface area contributed by atoms with Gasteiger partial charge in [0.15, 0.2) is 0 Å². The summed E-state index contributed by atoms with van der Waals surface area (Å²) in [4.78, 5) is 29.1. The van der Waals surface area contributed by atoms with Crippen molar-refractivity contribution in [3.63, 3.8) is 0 Å². The van der Waals surface area contributed by atoms with Gasteiger partial charge in [-0.05, 0) is 18.2 Å². The van der Waals surface area contributed by atoms with Crippen LogP contribution < -0.4 is 10.7 Å². The minimum atomic E-state index is -3.61. The zero-order chi connectivity index (χ0) is 13.5. The average molecular weight is 267 g/mol. The highest BCUT2D eigenvalue weighted by Gasteiger charge is 2.20. The first-order chi connectivity index (χ1) is 8.32. The monoisotopic (exact) mass is 267 g/mol. The Balaban J connectivity index is 2.71. The molecule has 1 aliphatic rings. The van der Waals surface area contributed by atoms with Crippen molar-refractivity contribution >= 4 is 21.8 Å². The molecule has 18 heavy (non-hydrogen) atoms. The maximum atomic E-state index is 11.9. The molecule has 7 nitrogen and oxygen atoms in total. The smallest absolute Gasteiger partial charge is 0.261 e. The lowest BCUT2D eigenvalue weighted by atomic mass is 10.3. The van der Waals surface area contributed by atoms with Crippen LogP contribution in [-0.4, -0.2) is 38.6 Å². The van der Waals surface area contributed by atoms with Crippen molar-refractivity contribution in [1.82, 2.24) is 4.31 Å². The fourth-order valence-corrected chi connectivity index (χ4v) is 2.30. The van der Waals surface area contributed by atoms with Crippen LogP contribution in [0.1, 0.15) is 0 Å². The van der Waals surface area contributed by atoms with E-state index in [4.69, 9.17) is 0 Å². The highest BCUT2D eigenvalue weighted by Crippen LogP contribution is 2.08. The predicted octanol–water partition coefficient (Wildman–Crippen LogP) is -1.76. The van der Waals surface area contributed by atoms with E-state index in [1.165, 1.54) is 32.3 Å². The van der Waals surface area contributed by atoms with Crippen LogP contribution in [-0.2, 0) is 19.6 Å². The van der Waals surface area contributed by atoms with Crippen molar-refractivity contribution < 1.29 is 18.0 Å². The number of hydrogen-bond donors (Lipinski definition) is 0. The molecule has 2 amide bonds. The molecule has 0 radical (unpaired) electrons. The Morgan fingerprint density at radius 1 is 1.00 bits per heavy atom. The molecule has 0 bridgehead atoms. The van der Waals surface area contributed by atoms with E-state index in [2.05, 4.69) is 9.98 Å². The van der Waals surface area contributed by atoms with E-state index in [0.29, 0.717) is 0 Å². The summed E-state index contributed by atoms with van der Waals surface area (Å²) in [6.45, 7) is 0. The molecule has 1 heterocycles. The summed E-state index contributed by atoms with van der Waals surface area (Å²) in [5.74, 6) is -1.95. The van der Waals surface area contributed by atoms with Gasteiger partial charge in [0.1, 0.15) is 0 Å². The molecule has 94 valence electrons. The molecule has 1 aliphatic heterocycles. The van der Waals surface area contributed by atoms with Crippen molar-refractivity contribution in [2.45, 2.75) is 4.90 Å². The average Bonchev–Trinajstić information content (AvgIpc) is 2.29. The molecule has 0 unspecified atom stereocenters. The van der Waals surface area contributed by atoms with Gasteiger partial charge in [-0.1, -0.05) is 0 Å². The number of carbonyl (C=O) groups is 2. The van der Waals surface area contributed by atoms with Gasteiger partial charge < -0.3 is 0 Å². The molecule has 1 aromatic carbocycles. The normalized spacial score (nSPS) is 15.1. The largest absolute Gasteiger partial charge is 0.338 e. The number of fused-ring (bicyclic) bond motifs is 1. The fourth-order valence-electron chi connectivity index (χ4n) is 1.37. The molecule has 0 fully saturated rings. The molecule has 0 saturated carbocycles. The number of carbonyl (C=O) groups excluding carboxylic acids is 2. The number of amides is 2. The highest BCUT2D eigenvalue weighted by atomic mass is 32.2. The number of sulfonamides is 1. The Morgan fingerprint density at radius 2 is 1.56 bits per heavy atom. The van der Waals surface area contributed by atoms with E-state index in [-0.39, 0.29) is 15.6 Å². The maximum Gasteiger partial charge on any atom is 0.338 e. The van der Waals surface area contributed by atoms with Gasteiger partial charge in [-0.2, -0.15) is 0 Å². The van der Waals surface area contributed by atoms with Crippen molar-refractivity contribution in [2.75, 3.05) is 14.1 Å². The minimum absolute atomic E-state index is 0.00708. The van der Waals surface area contributed by atoms with Crippen LogP contribution in [0.15, 0.2) is 33.1 Å². The fraction of sp³-hybridized carbons (Fsp3) is 0.200. The molecular weight excluding hydrogens is 258 g/mol. The molecule has 0 aromatic heterocycles. The van der Waals surface area contributed by atoms with Gasteiger partial charge in [0, 0.05) is 14.1 Å². The zero-order valence-electron chi connectivity index (χ0n) is 9.61. The summed E-state index contributed by atoms with van der Waals surface area (Å²) in [6.07, 6.45) is 0. The Kier molecular flexibility index (Phi) is 2.83. The lowest BCUT2D eigenvalue weighted by Crippen LogP contribution is -2.35. The molecule has 2 rings (SSSR count).